The first-order chi connectivity index (χ1) is 8.31. The molecule has 17 heavy (non-hydrogen) atoms. The summed E-state index contributed by atoms with van der Waals surface area (Å²) >= 11 is 2.03. The fraction of sp³-hybridized carbons (Fsp3) is 0.750. The van der Waals surface area contributed by atoms with Gasteiger partial charge in [0.1, 0.15) is 0 Å². The van der Waals surface area contributed by atoms with Gasteiger partial charge in [-0.2, -0.15) is 11.8 Å². The molecular weight excluding hydrogens is 234 g/mol. The first kappa shape index (κ1) is 12.8. The van der Waals surface area contributed by atoms with Crippen LogP contribution < -0.4 is 5.32 Å². The lowest BCUT2D eigenvalue weighted by Gasteiger charge is -2.14. The molecule has 1 aliphatic rings. The van der Waals surface area contributed by atoms with Gasteiger partial charge in [-0.05, 0) is 25.5 Å². The topological polar surface area (TPSA) is 39.1 Å². The summed E-state index contributed by atoms with van der Waals surface area (Å²) in [7, 11) is 1.74. The van der Waals surface area contributed by atoms with Crippen LogP contribution in [0.25, 0.3) is 0 Å². The highest BCUT2D eigenvalue weighted by Gasteiger charge is 2.20. The van der Waals surface area contributed by atoms with E-state index < -0.39 is 0 Å². The molecule has 0 bridgehead atoms. The number of methoxy groups -OCH3 is 1. The molecule has 1 aliphatic heterocycles. The quantitative estimate of drug-likeness (QED) is 0.792. The zero-order valence-electron chi connectivity index (χ0n) is 10.6. The van der Waals surface area contributed by atoms with Crippen molar-refractivity contribution in [1.82, 2.24) is 9.55 Å². The van der Waals surface area contributed by atoms with Crippen LogP contribution in [0.1, 0.15) is 24.6 Å². The van der Waals surface area contributed by atoms with Gasteiger partial charge in [-0.3, -0.25) is 0 Å². The van der Waals surface area contributed by atoms with Crippen molar-refractivity contribution in [3.63, 3.8) is 0 Å². The lowest BCUT2D eigenvalue weighted by Crippen LogP contribution is -2.14. The van der Waals surface area contributed by atoms with Gasteiger partial charge in [-0.25, -0.2) is 4.98 Å². The van der Waals surface area contributed by atoms with Crippen LogP contribution in [0.15, 0.2) is 6.20 Å². The summed E-state index contributed by atoms with van der Waals surface area (Å²) in [6.45, 7) is 3.77. The molecule has 0 saturated carbocycles. The van der Waals surface area contributed by atoms with Gasteiger partial charge in [-0.15, -0.1) is 0 Å². The van der Waals surface area contributed by atoms with Gasteiger partial charge < -0.3 is 14.6 Å². The Morgan fingerprint density at radius 1 is 1.65 bits per heavy atom. The highest BCUT2D eigenvalue weighted by Crippen LogP contribution is 2.30. The normalized spacial score (nSPS) is 19.8. The van der Waals surface area contributed by atoms with Crippen LogP contribution in [0, 0.1) is 6.92 Å². The Bertz CT molecular complexity index is 348. The Morgan fingerprint density at radius 2 is 2.53 bits per heavy atom. The molecule has 0 aliphatic carbocycles. The Kier molecular flexibility index (Phi) is 4.74. The molecule has 4 nitrogen and oxygen atoms in total. The van der Waals surface area contributed by atoms with Crippen molar-refractivity contribution in [3.8, 4) is 0 Å². The highest BCUT2D eigenvalue weighted by molar-refractivity contribution is 7.99. The number of imidazole rings is 1. The largest absolute Gasteiger partial charge is 0.385 e. The minimum Gasteiger partial charge on any atom is -0.385 e. The number of ether oxygens (including phenoxy) is 1. The average molecular weight is 255 g/mol. The van der Waals surface area contributed by atoms with Crippen LogP contribution in [0.2, 0.25) is 0 Å². The zero-order chi connectivity index (χ0) is 12.1. The summed E-state index contributed by atoms with van der Waals surface area (Å²) in [5.74, 6) is 3.50. The van der Waals surface area contributed by atoms with Crippen LogP contribution in [-0.2, 0) is 4.74 Å². The van der Waals surface area contributed by atoms with Gasteiger partial charge in [0.05, 0.1) is 5.69 Å². The van der Waals surface area contributed by atoms with Crippen LogP contribution in [0.5, 0.6) is 0 Å². The highest BCUT2D eigenvalue weighted by atomic mass is 32.2. The van der Waals surface area contributed by atoms with Crippen LogP contribution >= 0.6 is 11.8 Å². The minimum absolute atomic E-state index is 0.617. The molecule has 0 aromatic carbocycles. The Labute approximate surface area is 107 Å². The molecule has 5 heteroatoms. The van der Waals surface area contributed by atoms with Gasteiger partial charge in [0.25, 0.3) is 0 Å². The third-order valence-corrected chi connectivity index (χ3v) is 4.10. The van der Waals surface area contributed by atoms with Crippen molar-refractivity contribution in [1.29, 1.82) is 0 Å². The molecule has 1 saturated heterocycles. The maximum absolute atomic E-state index is 5.04. The summed E-state index contributed by atoms with van der Waals surface area (Å²) in [6.07, 6.45) is 4.43. The fourth-order valence-corrected chi connectivity index (χ4v) is 3.29. The summed E-state index contributed by atoms with van der Waals surface area (Å²) in [6, 6.07) is 0.617. The second-order valence-electron chi connectivity index (χ2n) is 4.40. The third kappa shape index (κ3) is 3.39. The Morgan fingerprint density at radius 3 is 3.24 bits per heavy atom. The molecule has 1 N–H and O–H groups in total. The monoisotopic (exact) mass is 255 g/mol. The van der Waals surface area contributed by atoms with E-state index >= 15 is 0 Å². The molecule has 96 valence electrons. The predicted octanol–water partition coefficient (Wildman–Crippen LogP) is 2.32. The summed E-state index contributed by atoms with van der Waals surface area (Å²) in [5.41, 5.74) is 1.09. The lowest BCUT2D eigenvalue weighted by atomic mass is 10.2. The summed E-state index contributed by atoms with van der Waals surface area (Å²) < 4.78 is 7.35. The molecule has 2 rings (SSSR count). The summed E-state index contributed by atoms with van der Waals surface area (Å²) in [5, 5.41) is 3.41. The van der Waals surface area contributed by atoms with E-state index in [9.17, 15) is 0 Å². The van der Waals surface area contributed by atoms with Gasteiger partial charge in [0.2, 0.25) is 5.95 Å². The second-order valence-corrected chi connectivity index (χ2v) is 5.55. The average Bonchev–Trinajstić information content (AvgIpc) is 2.93. The fourth-order valence-electron chi connectivity index (χ4n) is 2.08. The third-order valence-electron chi connectivity index (χ3n) is 2.96. The van der Waals surface area contributed by atoms with Crippen LogP contribution in [-0.4, -0.2) is 41.3 Å². The van der Waals surface area contributed by atoms with E-state index in [-0.39, 0.29) is 0 Å². The molecule has 2 heterocycles. The molecule has 1 aromatic heterocycles. The van der Waals surface area contributed by atoms with Crippen molar-refractivity contribution >= 4 is 17.7 Å². The molecule has 0 spiro atoms. The van der Waals surface area contributed by atoms with Crippen LogP contribution in [0.4, 0.5) is 5.95 Å². The number of nitrogens with one attached hydrogen (secondary N) is 1. The zero-order valence-corrected chi connectivity index (χ0v) is 11.4. The van der Waals surface area contributed by atoms with E-state index in [0.29, 0.717) is 6.04 Å². The van der Waals surface area contributed by atoms with Gasteiger partial charge in [-0.1, -0.05) is 0 Å². The number of thioether (sulfide) groups is 1. The standard InChI is InChI=1S/C12H21N3OS/c1-10-8-15(11-4-7-17-9-11)12(14-10)13-5-3-6-16-2/h8,11H,3-7,9H2,1-2H3,(H,13,14). The van der Waals surface area contributed by atoms with Crippen molar-refractivity contribution in [2.75, 3.05) is 37.1 Å². The summed E-state index contributed by atoms with van der Waals surface area (Å²) in [4.78, 5) is 4.55. The molecule has 1 fully saturated rings. The number of rotatable bonds is 6. The maximum Gasteiger partial charge on any atom is 0.203 e. The van der Waals surface area contributed by atoms with Gasteiger partial charge >= 0.3 is 0 Å². The van der Waals surface area contributed by atoms with Gasteiger partial charge in [0, 0.05) is 38.3 Å². The molecule has 0 amide bonds. The molecule has 0 radical (unpaired) electrons. The van der Waals surface area contributed by atoms with Crippen molar-refractivity contribution in [2.45, 2.75) is 25.8 Å². The van der Waals surface area contributed by atoms with E-state index in [0.717, 1.165) is 31.2 Å². The predicted molar refractivity (Wildman–Crippen MR) is 72.9 cm³/mol. The molecular formula is C12H21N3OS. The number of aryl methyl sites for hydroxylation is 1. The van der Waals surface area contributed by atoms with E-state index in [1.165, 1.54) is 17.9 Å². The number of hydrogen-bond donors (Lipinski definition) is 1. The first-order valence-corrected chi connectivity index (χ1v) is 7.32. The van der Waals surface area contributed by atoms with Crippen molar-refractivity contribution < 1.29 is 4.74 Å². The first-order valence-electron chi connectivity index (χ1n) is 6.17. The van der Waals surface area contributed by atoms with E-state index in [2.05, 4.69) is 28.0 Å². The number of hydrogen-bond acceptors (Lipinski definition) is 4. The van der Waals surface area contributed by atoms with E-state index in [1.54, 1.807) is 7.11 Å². The smallest absolute Gasteiger partial charge is 0.203 e. The second kappa shape index (κ2) is 6.31. The van der Waals surface area contributed by atoms with Crippen LogP contribution in [0.3, 0.4) is 0 Å². The van der Waals surface area contributed by atoms with Crippen molar-refractivity contribution in [3.05, 3.63) is 11.9 Å². The Hall–Kier alpha value is -0.680. The Balaban J connectivity index is 1.95. The van der Waals surface area contributed by atoms with Crippen molar-refractivity contribution in [2.24, 2.45) is 0 Å². The van der Waals surface area contributed by atoms with E-state index in [1.807, 2.05) is 11.8 Å². The SMILES string of the molecule is COCCCNc1nc(C)cn1C1CCSC1. The van der Waals surface area contributed by atoms with E-state index in [4.69, 9.17) is 4.74 Å². The van der Waals surface area contributed by atoms with Gasteiger partial charge in [0.15, 0.2) is 0 Å². The molecule has 1 aromatic rings. The number of anilines is 1. The maximum atomic E-state index is 5.04. The lowest BCUT2D eigenvalue weighted by molar-refractivity contribution is 0.197. The minimum atomic E-state index is 0.617. The molecule has 1 unspecified atom stereocenters. The number of aromatic nitrogens is 2. The number of nitrogens with zero attached hydrogens (tertiary/aromatic N) is 2. The molecule has 1 atom stereocenters.